The lowest BCUT2D eigenvalue weighted by Crippen LogP contribution is -2.10. The summed E-state index contributed by atoms with van der Waals surface area (Å²) in [7, 11) is 0. The molecule has 0 fully saturated rings. The first kappa shape index (κ1) is 29.9. The summed E-state index contributed by atoms with van der Waals surface area (Å²) in [6.07, 6.45) is 0. The summed E-state index contributed by atoms with van der Waals surface area (Å²) in [5, 5.41) is 0. The summed E-state index contributed by atoms with van der Waals surface area (Å²) < 4.78 is 0. The van der Waals surface area contributed by atoms with Crippen LogP contribution in [0, 0.1) is 0 Å². The fraction of sp³-hybridized carbons (Fsp3) is 0. The van der Waals surface area contributed by atoms with Crippen molar-refractivity contribution in [1.29, 1.82) is 0 Å². The van der Waals surface area contributed by atoms with Gasteiger partial charge in [0.2, 0.25) is 0 Å². The lowest BCUT2D eigenvalue weighted by molar-refractivity contribution is 1.28. The van der Waals surface area contributed by atoms with E-state index in [2.05, 4.69) is 217 Å². The maximum absolute atomic E-state index is 2.35. The van der Waals surface area contributed by atoms with E-state index in [1.807, 2.05) is 0 Å². The standard InChI is InChI=1S/C48H35N/c1-4-14-36(15-5-1)39-26-30-44(31-27-39)49(46-23-13-21-42(35-46)38-18-8-3-9-19-38)45-32-28-40(29-33-45)47-24-10-11-25-48(47)43-22-12-20-41(34-43)37-16-6-2-7-17-37/h1-35H. The Kier molecular flexibility index (Phi) is 8.39. The zero-order chi connectivity index (χ0) is 32.8. The molecule has 0 saturated carbocycles. The van der Waals surface area contributed by atoms with E-state index in [0.29, 0.717) is 0 Å². The fourth-order valence-electron chi connectivity index (χ4n) is 6.61. The molecule has 0 N–H and O–H groups in total. The molecule has 8 rings (SSSR count). The molecule has 232 valence electrons. The van der Waals surface area contributed by atoms with Crippen molar-refractivity contribution >= 4 is 17.1 Å². The van der Waals surface area contributed by atoms with Crippen molar-refractivity contribution in [1.82, 2.24) is 0 Å². The van der Waals surface area contributed by atoms with Crippen LogP contribution in [0.3, 0.4) is 0 Å². The van der Waals surface area contributed by atoms with Crippen LogP contribution in [0.15, 0.2) is 212 Å². The van der Waals surface area contributed by atoms with Gasteiger partial charge in [-0.25, -0.2) is 0 Å². The van der Waals surface area contributed by atoms with E-state index in [1.54, 1.807) is 0 Å². The molecule has 0 spiro atoms. The SMILES string of the molecule is c1ccc(-c2ccc(N(c3ccc(-c4ccccc4-c4cccc(-c5ccccc5)c4)cc3)c3cccc(-c4ccccc4)c3)cc2)cc1. The van der Waals surface area contributed by atoms with Crippen LogP contribution in [0.4, 0.5) is 17.1 Å². The van der Waals surface area contributed by atoms with Gasteiger partial charge in [-0.15, -0.1) is 0 Å². The monoisotopic (exact) mass is 625 g/mol. The largest absolute Gasteiger partial charge is 0.310 e. The van der Waals surface area contributed by atoms with Crippen LogP contribution in [0.2, 0.25) is 0 Å². The van der Waals surface area contributed by atoms with Crippen LogP contribution < -0.4 is 4.90 Å². The topological polar surface area (TPSA) is 3.24 Å². The Balaban J connectivity index is 1.18. The van der Waals surface area contributed by atoms with E-state index >= 15 is 0 Å². The quantitative estimate of drug-likeness (QED) is 0.162. The molecule has 0 saturated heterocycles. The maximum Gasteiger partial charge on any atom is 0.0467 e. The van der Waals surface area contributed by atoms with Gasteiger partial charge in [0.1, 0.15) is 0 Å². The number of anilines is 3. The second-order valence-electron chi connectivity index (χ2n) is 12.2. The van der Waals surface area contributed by atoms with E-state index in [9.17, 15) is 0 Å². The molecule has 0 aliphatic heterocycles. The highest BCUT2D eigenvalue weighted by molar-refractivity contribution is 5.87. The minimum absolute atomic E-state index is 1.10. The number of benzene rings is 8. The predicted molar refractivity (Wildman–Crippen MR) is 208 cm³/mol. The smallest absolute Gasteiger partial charge is 0.0467 e. The third-order valence-corrected chi connectivity index (χ3v) is 9.09. The van der Waals surface area contributed by atoms with E-state index in [1.165, 1.54) is 55.6 Å². The number of hydrogen-bond donors (Lipinski definition) is 0. The summed E-state index contributed by atoms with van der Waals surface area (Å²) >= 11 is 0. The Morgan fingerprint density at radius 2 is 0.571 bits per heavy atom. The van der Waals surface area contributed by atoms with Crippen molar-refractivity contribution < 1.29 is 0 Å². The molecule has 49 heavy (non-hydrogen) atoms. The van der Waals surface area contributed by atoms with Crippen LogP contribution in [0.25, 0.3) is 55.6 Å². The van der Waals surface area contributed by atoms with Crippen molar-refractivity contribution in [3.63, 3.8) is 0 Å². The Morgan fingerprint density at radius 1 is 0.204 bits per heavy atom. The molecule has 0 aliphatic carbocycles. The van der Waals surface area contributed by atoms with Crippen LogP contribution in [0.5, 0.6) is 0 Å². The molecule has 0 bridgehead atoms. The van der Waals surface area contributed by atoms with Gasteiger partial charge in [0.15, 0.2) is 0 Å². The Morgan fingerprint density at radius 3 is 1.12 bits per heavy atom. The fourth-order valence-corrected chi connectivity index (χ4v) is 6.61. The molecule has 8 aromatic rings. The van der Waals surface area contributed by atoms with Crippen molar-refractivity contribution in [3.05, 3.63) is 212 Å². The molecule has 1 heteroatoms. The number of rotatable bonds is 8. The highest BCUT2D eigenvalue weighted by Gasteiger charge is 2.15. The van der Waals surface area contributed by atoms with Crippen molar-refractivity contribution in [2.45, 2.75) is 0 Å². The highest BCUT2D eigenvalue weighted by Crippen LogP contribution is 2.40. The van der Waals surface area contributed by atoms with Gasteiger partial charge < -0.3 is 4.90 Å². The van der Waals surface area contributed by atoms with Gasteiger partial charge in [0.25, 0.3) is 0 Å². The van der Waals surface area contributed by atoms with E-state index in [0.717, 1.165) is 17.1 Å². The summed E-state index contributed by atoms with van der Waals surface area (Å²) in [5.41, 5.74) is 15.4. The molecular formula is C48H35N. The Bertz CT molecular complexity index is 2290. The van der Waals surface area contributed by atoms with Crippen molar-refractivity contribution in [2.75, 3.05) is 4.90 Å². The van der Waals surface area contributed by atoms with Gasteiger partial charge in [-0.3, -0.25) is 0 Å². The van der Waals surface area contributed by atoms with E-state index in [4.69, 9.17) is 0 Å². The van der Waals surface area contributed by atoms with Crippen molar-refractivity contribution in [3.8, 4) is 55.6 Å². The van der Waals surface area contributed by atoms with Gasteiger partial charge in [0, 0.05) is 17.1 Å². The zero-order valence-electron chi connectivity index (χ0n) is 27.2. The van der Waals surface area contributed by atoms with Gasteiger partial charge in [-0.1, -0.05) is 170 Å². The maximum atomic E-state index is 2.35. The number of hydrogen-bond acceptors (Lipinski definition) is 1. The minimum Gasteiger partial charge on any atom is -0.310 e. The molecule has 8 aromatic carbocycles. The van der Waals surface area contributed by atoms with Crippen molar-refractivity contribution in [2.24, 2.45) is 0 Å². The molecule has 0 aliphatic rings. The van der Waals surface area contributed by atoms with Gasteiger partial charge >= 0.3 is 0 Å². The normalized spacial score (nSPS) is 10.9. The van der Waals surface area contributed by atoms with E-state index < -0.39 is 0 Å². The summed E-state index contributed by atoms with van der Waals surface area (Å²) in [5.74, 6) is 0. The van der Waals surface area contributed by atoms with E-state index in [-0.39, 0.29) is 0 Å². The van der Waals surface area contributed by atoms with Gasteiger partial charge in [0.05, 0.1) is 0 Å². The molecule has 0 radical (unpaired) electrons. The average Bonchev–Trinajstić information content (AvgIpc) is 3.20. The number of nitrogens with zero attached hydrogens (tertiary/aromatic N) is 1. The molecule has 0 atom stereocenters. The molecule has 0 unspecified atom stereocenters. The first-order chi connectivity index (χ1) is 24.3. The first-order valence-corrected chi connectivity index (χ1v) is 16.8. The predicted octanol–water partition coefficient (Wildman–Crippen LogP) is 13.5. The first-order valence-electron chi connectivity index (χ1n) is 16.8. The highest BCUT2D eigenvalue weighted by atomic mass is 15.1. The van der Waals surface area contributed by atoms with Crippen LogP contribution >= 0.6 is 0 Å². The Hall–Kier alpha value is -6.44. The van der Waals surface area contributed by atoms with Gasteiger partial charge in [-0.05, 0) is 98.1 Å². The molecule has 1 nitrogen and oxygen atoms in total. The average molecular weight is 626 g/mol. The summed E-state index contributed by atoms with van der Waals surface area (Å²) in [4.78, 5) is 2.35. The summed E-state index contributed by atoms with van der Waals surface area (Å²) in [6.45, 7) is 0. The van der Waals surface area contributed by atoms with Gasteiger partial charge in [-0.2, -0.15) is 0 Å². The van der Waals surface area contributed by atoms with Crippen LogP contribution in [0.1, 0.15) is 0 Å². The lowest BCUT2D eigenvalue weighted by Gasteiger charge is -2.26. The second-order valence-corrected chi connectivity index (χ2v) is 12.2. The molecular weight excluding hydrogens is 591 g/mol. The molecule has 0 heterocycles. The molecule has 0 amide bonds. The molecule has 0 aromatic heterocycles. The van der Waals surface area contributed by atoms with Crippen LogP contribution in [-0.4, -0.2) is 0 Å². The summed E-state index contributed by atoms with van der Waals surface area (Å²) in [6, 6.07) is 75.9. The zero-order valence-corrected chi connectivity index (χ0v) is 27.2. The minimum atomic E-state index is 1.10. The van der Waals surface area contributed by atoms with Crippen LogP contribution in [-0.2, 0) is 0 Å². The Labute approximate surface area is 289 Å². The third-order valence-electron chi connectivity index (χ3n) is 9.09. The second kappa shape index (κ2) is 13.7. The lowest BCUT2D eigenvalue weighted by atomic mass is 9.92. The third kappa shape index (κ3) is 6.43.